The number of hydrogen-bond acceptors (Lipinski definition) is 3. The Bertz CT molecular complexity index is 599. The van der Waals surface area contributed by atoms with E-state index in [1.54, 1.807) is 0 Å². The summed E-state index contributed by atoms with van der Waals surface area (Å²) in [6.07, 6.45) is 2.03. The summed E-state index contributed by atoms with van der Waals surface area (Å²) in [5.41, 5.74) is 2.71. The molecule has 0 aliphatic carbocycles. The lowest BCUT2D eigenvalue weighted by molar-refractivity contribution is -0.120. The van der Waals surface area contributed by atoms with E-state index in [4.69, 9.17) is 0 Å². The molecule has 1 fully saturated rings. The SMILES string of the molecule is Cc1nc2ccc(NC(=O)[C@H]3CCCNC3)cc2[nH]1. The molecular formula is C14H18N4O. The maximum atomic E-state index is 12.1. The Hall–Kier alpha value is -1.88. The molecule has 0 spiro atoms. The number of aryl methyl sites for hydroxylation is 1. The van der Waals surface area contributed by atoms with Gasteiger partial charge in [-0.15, -0.1) is 0 Å². The largest absolute Gasteiger partial charge is 0.342 e. The number of aromatic amines is 1. The Balaban J connectivity index is 1.74. The minimum atomic E-state index is 0.0768. The van der Waals surface area contributed by atoms with Gasteiger partial charge in [-0.3, -0.25) is 4.79 Å². The minimum absolute atomic E-state index is 0.0768. The second-order valence-corrected chi connectivity index (χ2v) is 5.09. The molecule has 5 nitrogen and oxygen atoms in total. The Morgan fingerprint density at radius 1 is 1.47 bits per heavy atom. The molecule has 3 N–H and O–H groups in total. The number of carbonyl (C=O) groups excluding carboxylic acids is 1. The molecule has 1 aromatic carbocycles. The van der Waals surface area contributed by atoms with Gasteiger partial charge in [0.15, 0.2) is 0 Å². The van der Waals surface area contributed by atoms with Crippen LogP contribution in [0.3, 0.4) is 0 Å². The van der Waals surface area contributed by atoms with Gasteiger partial charge < -0.3 is 15.6 Å². The third kappa shape index (κ3) is 2.61. The number of carbonyl (C=O) groups is 1. The Morgan fingerprint density at radius 3 is 3.16 bits per heavy atom. The summed E-state index contributed by atoms with van der Waals surface area (Å²) < 4.78 is 0. The summed E-state index contributed by atoms with van der Waals surface area (Å²) in [5.74, 6) is 1.06. The van der Waals surface area contributed by atoms with Crippen LogP contribution >= 0.6 is 0 Å². The number of amides is 1. The number of rotatable bonds is 2. The molecule has 0 unspecified atom stereocenters. The van der Waals surface area contributed by atoms with E-state index >= 15 is 0 Å². The quantitative estimate of drug-likeness (QED) is 0.769. The molecule has 2 heterocycles. The topological polar surface area (TPSA) is 69.8 Å². The van der Waals surface area contributed by atoms with Crippen LogP contribution in [0.15, 0.2) is 18.2 Å². The fourth-order valence-electron chi connectivity index (χ4n) is 2.53. The van der Waals surface area contributed by atoms with Gasteiger partial charge in [-0.05, 0) is 44.5 Å². The van der Waals surface area contributed by atoms with Gasteiger partial charge in [-0.2, -0.15) is 0 Å². The number of hydrogen-bond donors (Lipinski definition) is 3. The van der Waals surface area contributed by atoms with Crippen LogP contribution in [0.25, 0.3) is 11.0 Å². The molecule has 2 aromatic rings. The van der Waals surface area contributed by atoms with Gasteiger partial charge in [0, 0.05) is 12.2 Å². The number of nitrogens with one attached hydrogen (secondary N) is 3. The van der Waals surface area contributed by atoms with Gasteiger partial charge in [-0.25, -0.2) is 4.98 Å². The number of nitrogens with zero attached hydrogens (tertiary/aromatic N) is 1. The van der Waals surface area contributed by atoms with Crippen LogP contribution in [-0.2, 0) is 4.79 Å². The average molecular weight is 258 g/mol. The van der Waals surface area contributed by atoms with Crippen LogP contribution in [-0.4, -0.2) is 29.0 Å². The van der Waals surface area contributed by atoms with E-state index < -0.39 is 0 Å². The van der Waals surface area contributed by atoms with Gasteiger partial charge in [0.25, 0.3) is 0 Å². The number of piperidine rings is 1. The molecule has 1 amide bonds. The molecule has 5 heteroatoms. The lowest BCUT2D eigenvalue weighted by atomic mass is 9.99. The van der Waals surface area contributed by atoms with Gasteiger partial charge in [0.2, 0.25) is 5.91 Å². The highest BCUT2D eigenvalue weighted by Crippen LogP contribution is 2.19. The van der Waals surface area contributed by atoms with E-state index in [1.165, 1.54) is 0 Å². The van der Waals surface area contributed by atoms with Crippen molar-refractivity contribution in [3.63, 3.8) is 0 Å². The standard InChI is InChI=1S/C14H18N4O/c1-9-16-12-5-4-11(7-13(12)17-9)18-14(19)10-3-2-6-15-8-10/h4-5,7,10,15H,2-3,6,8H2,1H3,(H,16,17)(H,18,19)/t10-/m0/s1. The number of anilines is 1. The lowest BCUT2D eigenvalue weighted by Gasteiger charge is -2.21. The predicted octanol–water partition coefficient (Wildman–Crippen LogP) is 1.81. The first-order valence-electron chi connectivity index (χ1n) is 6.70. The molecule has 0 saturated carbocycles. The van der Waals surface area contributed by atoms with Gasteiger partial charge >= 0.3 is 0 Å². The molecule has 1 aliphatic heterocycles. The fraction of sp³-hybridized carbons (Fsp3) is 0.429. The molecule has 0 bridgehead atoms. The zero-order valence-corrected chi connectivity index (χ0v) is 11.0. The number of imidazole rings is 1. The molecule has 1 atom stereocenters. The first kappa shape index (κ1) is 12.2. The molecule has 1 aliphatic rings. The summed E-state index contributed by atoms with van der Waals surface area (Å²) in [4.78, 5) is 19.7. The smallest absolute Gasteiger partial charge is 0.228 e. The monoisotopic (exact) mass is 258 g/mol. The van der Waals surface area contributed by atoms with Crippen LogP contribution in [0.5, 0.6) is 0 Å². The number of benzene rings is 1. The normalized spacial score (nSPS) is 19.5. The van der Waals surface area contributed by atoms with Crippen LogP contribution < -0.4 is 10.6 Å². The Kier molecular flexibility index (Phi) is 3.21. The van der Waals surface area contributed by atoms with Crippen molar-refractivity contribution in [2.75, 3.05) is 18.4 Å². The van der Waals surface area contributed by atoms with Crippen molar-refractivity contribution in [3.05, 3.63) is 24.0 Å². The summed E-state index contributed by atoms with van der Waals surface area (Å²) in [6, 6.07) is 5.76. The maximum absolute atomic E-state index is 12.1. The third-order valence-electron chi connectivity index (χ3n) is 3.54. The van der Waals surface area contributed by atoms with Crippen molar-refractivity contribution in [3.8, 4) is 0 Å². The van der Waals surface area contributed by atoms with E-state index in [2.05, 4.69) is 20.6 Å². The highest BCUT2D eigenvalue weighted by atomic mass is 16.1. The molecule has 19 heavy (non-hydrogen) atoms. The van der Waals surface area contributed by atoms with E-state index in [-0.39, 0.29) is 11.8 Å². The molecule has 1 saturated heterocycles. The summed E-state index contributed by atoms with van der Waals surface area (Å²) >= 11 is 0. The van der Waals surface area contributed by atoms with Gasteiger partial charge in [-0.1, -0.05) is 0 Å². The summed E-state index contributed by atoms with van der Waals surface area (Å²) in [5, 5.41) is 6.24. The van der Waals surface area contributed by atoms with Crippen molar-refractivity contribution in [2.45, 2.75) is 19.8 Å². The van der Waals surface area contributed by atoms with E-state index in [9.17, 15) is 4.79 Å². The van der Waals surface area contributed by atoms with Crippen molar-refractivity contribution < 1.29 is 4.79 Å². The van der Waals surface area contributed by atoms with E-state index in [0.717, 1.165) is 48.5 Å². The summed E-state index contributed by atoms with van der Waals surface area (Å²) in [7, 11) is 0. The third-order valence-corrected chi connectivity index (χ3v) is 3.54. The van der Waals surface area contributed by atoms with Crippen molar-refractivity contribution in [1.82, 2.24) is 15.3 Å². The van der Waals surface area contributed by atoms with Crippen molar-refractivity contribution in [2.24, 2.45) is 5.92 Å². The van der Waals surface area contributed by atoms with Crippen LogP contribution in [0.1, 0.15) is 18.7 Å². The van der Waals surface area contributed by atoms with Crippen molar-refractivity contribution >= 4 is 22.6 Å². The van der Waals surface area contributed by atoms with Crippen LogP contribution in [0, 0.1) is 12.8 Å². The number of fused-ring (bicyclic) bond motifs is 1. The van der Waals surface area contributed by atoms with Crippen molar-refractivity contribution in [1.29, 1.82) is 0 Å². The number of aromatic nitrogens is 2. The highest BCUT2D eigenvalue weighted by Gasteiger charge is 2.20. The van der Waals surface area contributed by atoms with Crippen LogP contribution in [0.4, 0.5) is 5.69 Å². The molecule has 1 aromatic heterocycles. The molecule has 100 valence electrons. The van der Waals surface area contributed by atoms with E-state index in [0.29, 0.717) is 0 Å². The van der Waals surface area contributed by atoms with Gasteiger partial charge in [0.1, 0.15) is 5.82 Å². The molecular weight excluding hydrogens is 240 g/mol. The maximum Gasteiger partial charge on any atom is 0.228 e. The second-order valence-electron chi connectivity index (χ2n) is 5.09. The van der Waals surface area contributed by atoms with Gasteiger partial charge in [0.05, 0.1) is 17.0 Å². The fourth-order valence-corrected chi connectivity index (χ4v) is 2.53. The minimum Gasteiger partial charge on any atom is -0.342 e. The number of H-pyrrole nitrogens is 1. The molecule has 3 rings (SSSR count). The van der Waals surface area contributed by atoms with Crippen LogP contribution in [0.2, 0.25) is 0 Å². The first-order chi connectivity index (χ1) is 9.22. The molecule has 0 radical (unpaired) electrons. The average Bonchev–Trinajstić information content (AvgIpc) is 2.79. The zero-order valence-electron chi connectivity index (χ0n) is 11.0. The second kappa shape index (κ2) is 5.01. The Morgan fingerprint density at radius 2 is 2.37 bits per heavy atom. The first-order valence-corrected chi connectivity index (χ1v) is 6.70. The highest BCUT2D eigenvalue weighted by molar-refractivity contribution is 5.94. The zero-order chi connectivity index (χ0) is 13.2. The predicted molar refractivity (Wildman–Crippen MR) is 75.1 cm³/mol. The Labute approximate surface area is 111 Å². The lowest BCUT2D eigenvalue weighted by Crippen LogP contribution is -2.37. The van der Waals surface area contributed by atoms with E-state index in [1.807, 2.05) is 25.1 Å². The summed E-state index contributed by atoms with van der Waals surface area (Å²) in [6.45, 7) is 3.71.